The van der Waals surface area contributed by atoms with Crippen LogP contribution in [0, 0.1) is 25.6 Å². The Labute approximate surface area is 164 Å². The summed E-state index contributed by atoms with van der Waals surface area (Å²) in [6.45, 7) is 4.40. The first-order valence-electron chi connectivity index (χ1n) is 9.36. The van der Waals surface area contributed by atoms with Gasteiger partial charge in [-0.25, -0.2) is 4.39 Å². The Morgan fingerprint density at radius 1 is 1.25 bits per heavy atom. The van der Waals surface area contributed by atoms with Crippen molar-refractivity contribution in [3.63, 3.8) is 0 Å². The lowest BCUT2D eigenvalue weighted by Gasteiger charge is -2.17. The van der Waals surface area contributed by atoms with Crippen molar-refractivity contribution in [3.8, 4) is 5.75 Å². The molecule has 2 amide bonds. The molecule has 1 atom stereocenters. The number of aryl methyl sites for hydroxylation is 2. The molecule has 3 rings (SSSR count). The predicted octanol–water partition coefficient (Wildman–Crippen LogP) is 3.16. The minimum Gasteiger partial charge on any atom is -0.496 e. The average molecular weight is 384 g/mol. The van der Waals surface area contributed by atoms with E-state index in [0.717, 1.165) is 16.9 Å². The molecule has 148 valence electrons. The number of hydrogen-bond donors (Lipinski definition) is 1. The normalized spacial score (nSPS) is 16.4. The minimum atomic E-state index is -0.434. The SMILES string of the molecule is COc1ccc(C)cc1CCNC(=O)[C@H]1CC(=O)N(c2ccc(C)c(F)c2)C1. The second-order valence-electron chi connectivity index (χ2n) is 7.20. The lowest BCUT2D eigenvalue weighted by molar-refractivity contribution is -0.126. The summed E-state index contributed by atoms with van der Waals surface area (Å²) in [5.41, 5.74) is 3.18. The van der Waals surface area contributed by atoms with Gasteiger partial charge in [-0.15, -0.1) is 0 Å². The molecule has 1 saturated heterocycles. The largest absolute Gasteiger partial charge is 0.496 e. The molecule has 28 heavy (non-hydrogen) atoms. The number of nitrogens with zero attached hydrogens (tertiary/aromatic N) is 1. The van der Waals surface area contributed by atoms with Gasteiger partial charge in [0.15, 0.2) is 0 Å². The number of ether oxygens (including phenoxy) is 1. The average Bonchev–Trinajstić information content (AvgIpc) is 3.06. The maximum atomic E-state index is 13.8. The van der Waals surface area contributed by atoms with Gasteiger partial charge in [0.1, 0.15) is 11.6 Å². The topological polar surface area (TPSA) is 58.6 Å². The van der Waals surface area contributed by atoms with Crippen LogP contribution in [-0.2, 0) is 16.0 Å². The highest BCUT2D eigenvalue weighted by Gasteiger charge is 2.35. The summed E-state index contributed by atoms with van der Waals surface area (Å²) in [6, 6.07) is 10.6. The number of methoxy groups -OCH3 is 1. The number of benzene rings is 2. The third kappa shape index (κ3) is 4.32. The first kappa shape index (κ1) is 19.9. The zero-order valence-electron chi connectivity index (χ0n) is 16.4. The van der Waals surface area contributed by atoms with E-state index in [1.165, 1.54) is 11.0 Å². The van der Waals surface area contributed by atoms with Crippen LogP contribution in [0.3, 0.4) is 0 Å². The van der Waals surface area contributed by atoms with Gasteiger partial charge >= 0.3 is 0 Å². The first-order valence-corrected chi connectivity index (χ1v) is 9.36. The fourth-order valence-electron chi connectivity index (χ4n) is 3.45. The van der Waals surface area contributed by atoms with E-state index in [4.69, 9.17) is 4.74 Å². The predicted molar refractivity (Wildman–Crippen MR) is 106 cm³/mol. The number of halogens is 1. The van der Waals surface area contributed by atoms with Crippen LogP contribution in [0.15, 0.2) is 36.4 Å². The van der Waals surface area contributed by atoms with Gasteiger partial charge in [0, 0.05) is 25.2 Å². The van der Waals surface area contributed by atoms with Crippen molar-refractivity contribution >= 4 is 17.5 Å². The number of anilines is 1. The van der Waals surface area contributed by atoms with Crippen LogP contribution >= 0.6 is 0 Å². The molecule has 6 heteroatoms. The Balaban J connectivity index is 1.58. The highest BCUT2D eigenvalue weighted by Crippen LogP contribution is 2.27. The van der Waals surface area contributed by atoms with Gasteiger partial charge in [0.2, 0.25) is 11.8 Å². The number of hydrogen-bond acceptors (Lipinski definition) is 3. The van der Waals surface area contributed by atoms with Crippen LogP contribution in [0.2, 0.25) is 0 Å². The van der Waals surface area contributed by atoms with Crippen LogP contribution in [0.1, 0.15) is 23.1 Å². The van der Waals surface area contributed by atoms with Gasteiger partial charge in [-0.3, -0.25) is 9.59 Å². The second kappa shape index (κ2) is 8.42. The van der Waals surface area contributed by atoms with Crippen molar-refractivity contribution in [2.24, 2.45) is 5.92 Å². The second-order valence-corrected chi connectivity index (χ2v) is 7.20. The van der Waals surface area contributed by atoms with E-state index in [-0.39, 0.29) is 30.6 Å². The maximum absolute atomic E-state index is 13.8. The Kier molecular flexibility index (Phi) is 5.97. The van der Waals surface area contributed by atoms with Crippen LogP contribution in [0.4, 0.5) is 10.1 Å². The van der Waals surface area contributed by atoms with Crippen molar-refractivity contribution in [2.45, 2.75) is 26.7 Å². The smallest absolute Gasteiger partial charge is 0.227 e. The van der Waals surface area contributed by atoms with Gasteiger partial charge in [-0.1, -0.05) is 23.8 Å². The molecule has 5 nitrogen and oxygen atoms in total. The number of carbonyl (C=O) groups is 2. The number of nitrogens with one attached hydrogen (secondary N) is 1. The van der Waals surface area contributed by atoms with E-state index in [2.05, 4.69) is 5.32 Å². The third-order valence-electron chi connectivity index (χ3n) is 5.09. The lowest BCUT2D eigenvalue weighted by atomic mass is 10.1. The highest BCUT2D eigenvalue weighted by molar-refractivity contribution is 6.00. The summed E-state index contributed by atoms with van der Waals surface area (Å²) >= 11 is 0. The van der Waals surface area contributed by atoms with Gasteiger partial charge in [0.05, 0.1) is 13.0 Å². The molecule has 0 spiro atoms. The van der Waals surface area contributed by atoms with E-state index >= 15 is 0 Å². The van der Waals surface area contributed by atoms with Crippen molar-refractivity contribution < 1.29 is 18.7 Å². The highest BCUT2D eigenvalue weighted by atomic mass is 19.1. The zero-order valence-corrected chi connectivity index (χ0v) is 16.4. The molecule has 2 aromatic carbocycles. The molecule has 2 aromatic rings. The Morgan fingerprint density at radius 3 is 2.75 bits per heavy atom. The molecule has 1 N–H and O–H groups in total. The van der Waals surface area contributed by atoms with Crippen LogP contribution in [-0.4, -0.2) is 32.0 Å². The van der Waals surface area contributed by atoms with Gasteiger partial charge in [0.25, 0.3) is 0 Å². The minimum absolute atomic E-state index is 0.134. The Morgan fingerprint density at radius 2 is 2.04 bits per heavy atom. The fraction of sp³-hybridized carbons (Fsp3) is 0.364. The molecular formula is C22H25FN2O3. The molecule has 0 radical (unpaired) electrons. The summed E-state index contributed by atoms with van der Waals surface area (Å²) in [6.07, 6.45) is 0.777. The molecule has 1 heterocycles. The van der Waals surface area contributed by atoms with Crippen LogP contribution < -0.4 is 15.0 Å². The molecular weight excluding hydrogens is 359 g/mol. The summed E-state index contributed by atoms with van der Waals surface area (Å²) in [5, 5.41) is 2.91. The van der Waals surface area contributed by atoms with Crippen LogP contribution in [0.5, 0.6) is 5.75 Å². The summed E-state index contributed by atoms with van der Waals surface area (Å²) in [7, 11) is 1.62. The van der Waals surface area contributed by atoms with Gasteiger partial charge in [-0.05, 0) is 49.6 Å². The van der Waals surface area contributed by atoms with Crippen molar-refractivity contribution in [1.82, 2.24) is 5.32 Å². The molecule has 0 aromatic heterocycles. The van der Waals surface area contributed by atoms with E-state index in [0.29, 0.717) is 24.2 Å². The number of carbonyl (C=O) groups excluding carboxylic acids is 2. The first-order chi connectivity index (χ1) is 13.4. The van der Waals surface area contributed by atoms with Crippen LogP contribution in [0.25, 0.3) is 0 Å². The lowest BCUT2D eigenvalue weighted by Crippen LogP contribution is -2.34. The monoisotopic (exact) mass is 384 g/mol. The molecule has 0 bridgehead atoms. The fourth-order valence-corrected chi connectivity index (χ4v) is 3.45. The Bertz CT molecular complexity index is 897. The summed E-state index contributed by atoms with van der Waals surface area (Å²) < 4.78 is 19.2. The van der Waals surface area contributed by atoms with E-state index in [1.807, 2.05) is 25.1 Å². The van der Waals surface area contributed by atoms with E-state index in [9.17, 15) is 14.0 Å². The number of rotatable bonds is 6. The summed E-state index contributed by atoms with van der Waals surface area (Å²) in [4.78, 5) is 26.3. The van der Waals surface area contributed by atoms with Gasteiger partial charge in [-0.2, -0.15) is 0 Å². The van der Waals surface area contributed by atoms with Gasteiger partial charge < -0.3 is 15.0 Å². The van der Waals surface area contributed by atoms with E-state index < -0.39 is 5.92 Å². The van der Waals surface area contributed by atoms with E-state index in [1.54, 1.807) is 26.2 Å². The van der Waals surface area contributed by atoms with Crippen molar-refractivity contribution in [1.29, 1.82) is 0 Å². The Hall–Kier alpha value is -2.89. The molecule has 0 aliphatic carbocycles. The molecule has 0 unspecified atom stereocenters. The molecule has 0 saturated carbocycles. The quantitative estimate of drug-likeness (QED) is 0.832. The maximum Gasteiger partial charge on any atom is 0.227 e. The molecule has 1 fully saturated rings. The molecule has 1 aliphatic rings. The number of amides is 2. The van der Waals surface area contributed by atoms with Crippen molar-refractivity contribution in [2.75, 3.05) is 25.1 Å². The summed E-state index contributed by atoms with van der Waals surface area (Å²) in [5.74, 6) is -0.316. The standard InChI is InChI=1S/C22H25FN2O3/c1-14-4-7-20(28-3)16(10-14)8-9-24-22(27)17-11-21(26)25(13-17)18-6-5-15(2)19(23)12-18/h4-7,10,12,17H,8-9,11,13H2,1-3H3,(H,24,27)/t17-/m0/s1. The van der Waals surface area contributed by atoms with Crippen molar-refractivity contribution in [3.05, 3.63) is 58.9 Å². The molecule has 1 aliphatic heterocycles. The third-order valence-corrected chi connectivity index (χ3v) is 5.09. The zero-order chi connectivity index (χ0) is 20.3.